The lowest BCUT2D eigenvalue weighted by Gasteiger charge is -2.32. The monoisotopic (exact) mass is 387 g/mol. The first-order chi connectivity index (χ1) is 14.2. The van der Waals surface area contributed by atoms with E-state index >= 15 is 0 Å². The summed E-state index contributed by atoms with van der Waals surface area (Å²) < 4.78 is 3.93. The number of fused-ring (bicyclic) bond motifs is 2. The molecule has 0 saturated heterocycles. The van der Waals surface area contributed by atoms with Gasteiger partial charge in [-0.25, -0.2) is 9.97 Å². The molecule has 5 rings (SSSR count). The zero-order valence-corrected chi connectivity index (χ0v) is 16.1. The van der Waals surface area contributed by atoms with E-state index in [0.717, 1.165) is 24.5 Å². The van der Waals surface area contributed by atoms with E-state index in [1.807, 2.05) is 18.3 Å². The molecule has 3 aromatic heterocycles. The first-order valence-electron chi connectivity index (χ1n) is 9.74. The molecule has 0 fully saturated rings. The fourth-order valence-electron chi connectivity index (χ4n) is 3.93. The van der Waals surface area contributed by atoms with E-state index in [1.54, 1.807) is 21.7 Å². The summed E-state index contributed by atoms with van der Waals surface area (Å²) in [6, 6.07) is 12.3. The Labute approximate surface area is 167 Å². The highest BCUT2D eigenvalue weighted by Crippen LogP contribution is 2.23. The molecule has 1 aliphatic heterocycles. The van der Waals surface area contributed by atoms with Crippen molar-refractivity contribution in [3.05, 3.63) is 77.9 Å². The Morgan fingerprint density at radius 1 is 1.14 bits per heavy atom. The fraction of sp³-hybridized carbons (Fsp3) is 0.286. The highest BCUT2D eigenvalue weighted by Gasteiger charge is 2.30. The molecule has 0 bridgehead atoms. The van der Waals surface area contributed by atoms with Gasteiger partial charge in [-0.15, -0.1) is 10.2 Å². The van der Waals surface area contributed by atoms with Gasteiger partial charge in [0.1, 0.15) is 11.5 Å². The molecule has 4 aromatic rings. The number of carbonyl (C=O) groups is 1. The molecule has 0 radical (unpaired) electrons. The Bertz CT molecular complexity index is 1130. The first-order valence-corrected chi connectivity index (χ1v) is 9.74. The highest BCUT2D eigenvalue weighted by molar-refractivity contribution is 5.92. The summed E-state index contributed by atoms with van der Waals surface area (Å²) in [5.74, 6) is 2.21. The highest BCUT2D eigenvalue weighted by atomic mass is 16.2. The van der Waals surface area contributed by atoms with Crippen LogP contribution in [-0.4, -0.2) is 46.5 Å². The Morgan fingerprint density at radius 2 is 2.00 bits per heavy atom. The summed E-state index contributed by atoms with van der Waals surface area (Å²) in [6.07, 6.45) is 6.97. The van der Waals surface area contributed by atoms with Crippen molar-refractivity contribution < 1.29 is 4.79 Å². The molecule has 1 atom stereocenters. The number of benzene rings is 1. The minimum atomic E-state index is -0.109. The van der Waals surface area contributed by atoms with Gasteiger partial charge < -0.3 is 9.47 Å². The van der Waals surface area contributed by atoms with Crippen molar-refractivity contribution in [3.8, 4) is 0 Å². The van der Waals surface area contributed by atoms with E-state index in [1.165, 1.54) is 5.56 Å². The van der Waals surface area contributed by atoms with Gasteiger partial charge in [0.05, 0.1) is 12.6 Å². The molecule has 4 heterocycles. The number of aromatic nitrogens is 6. The molecular formula is C21H21N7O. The van der Waals surface area contributed by atoms with Gasteiger partial charge >= 0.3 is 0 Å². The second-order valence-electron chi connectivity index (χ2n) is 7.38. The van der Waals surface area contributed by atoms with Gasteiger partial charge in [0, 0.05) is 31.6 Å². The molecule has 0 unspecified atom stereocenters. The maximum atomic E-state index is 13.0. The number of imidazole rings is 1. The lowest BCUT2D eigenvalue weighted by atomic mass is 10.1. The maximum absolute atomic E-state index is 13.0. The molecule has 1 aromatic carbocycles. The van der Waals surface area contributed by atoms with Crippen LogP contribution in [0.25, 0.3) is 5.78 Å². The van der Waals surface area contributed by atoms with Crippen molar-refractivity contribution in [2.75, 3.05) is 6.54 Å². The molecule has 8 heteroatoms. The van der Waals surface area contributed by atoms with Crippen molar-refractivity contribution in [3.63, 3.8) is 0 Å². The van der Waals surface area contributed by atoms with Gasteiger partial charge in [0.25, 0.3) is 5.91 Å². The number of rotatable bonds is 4. The van der Waals surface area contributed by atoms with E-state index in [4.69, 9.17) is 0 Å². The number of hydrogen-bond donors (Lipinski definition) is 0. The fourth-order valence-corrected chi connectivity index (χ4v) is 3.93. The van der Waals surface area contributed by atoms with Gasteiger partial charge in [-0.3, -0.25) is 9.20 Å². The van der Waals surface area contributed by atoms with Crippen molar-refractivity contribution in [1.29, 1.82) is 0 Å². The van der Waals surface area contributed by atoms with Crippen LogP contribution in [0.15, 0.2) is 55.0 Å². The van der Waals surface area contributed by atoms with Gasteiger partial charge in [0.2, 0.25) is 5.78 Å². The van der Waals surface area contributed by atoms with Crippen LogP contribution in [0.1, 0.15) is 40.7 Å². The molecule has 0 spiro atoms. The summed E-state index contributed by atoms with van der Waals surface area (Å²) in [5.41, 5.74) is 1.68. The van der Waals surface area contributed by atoms with Crippen molar-refractivity contribution >= 4 is 11.7 Å². The zero-order valence-electron chi connectivity index (χ0n) is 16.1. The third-order valence-electron chi connectivity index (χ3n) is 5.32. The van der Waals surface area contributed by atoms with Gasteiger partial charge in [-0.1, -0.05) is 30.3 Å². The maximum Gasteiger partial charge on any atom is 0.274 e. The minimum Gasteiger partial charge on any atom is -0.328 e. The summed E-state index contributed by atoms with van der Waals surface area (Å²) in [7, 11) is 0. The average Bonchev–Trinajstić information content (AvgIpc) is 3.36. The smallest absolute Gasteiger partial charge is 0.274 e. The van der Waals surface area contributed by atoms with Crippen molar-refractivity contribution in [2.45, 2.75) is 32.4 Å². The van der Waals surface area contributed by atoms with Crippen LogP contribution >= 0.6 is 0 Å². The molecule has 8 nitrogen and oxygen atoms in total. The van der Waals surface area contributed by atoms with Crippen LogP contribution in [0.4, 0.5) is 0 Å². The summed E-state index contributed by atoms with van der Waals surface area (Å²) in [5, 5.41) is 8.78. The second kappa shape index (κ2) is 7.12. The topological polar surface area (TPSA) is 81.2 Å². The van der Waals surface area contributed by atoms with Crippen LogP contribution < -0.4 is 0 Å². The van der Waals surface area contributed by atoms with Crippen LogP contribution in [-0.2, 0) is 19.4 Å². The van der Waals surface area contributed by atoms with E-state index in [2.05, 4.69) is 55.9 Å². The molecule has 0 saturated carbocycles. The van der Waals surface area contributed by atoms with E-state index in [-0.39, 0.29) is 11.9 Å². The van der Waals surface area contributed by atoms with Crippen molar-refractivity contribution in [1.82, 2.24) is 34.0 Å². The molecule has 1 aliphatic rings. The third-order valence-corrected chi connectivity index (χ3v) is 5.32. The van der Waals surface area contributed by atoms with Gasteiger partial charge in [-0.2, -0.15) is 0 Å². The van der Waals surface area contributed by atoms with Crippen LogP contribution in [0.2, 0.25) is 0 Å². The van der Waals surface area contributed by atoms with E-state index in [9.17, 15) is 4.79 Å². The SMILES string of the molecule is C[C@H]1CN(C(=O)c2cn3cccnc3n2)Cc2nnc(CCc3ccccc3)n21. The number of hydrogen-bond acceptors (Lipinski definition) is 5. The quantitative estimate of drug-likeness (QED) is 0.537. The second-order valence-corrected chi connectivity index (χ2v) is 7.38. The Balaban J connectivity index is 1.34. The molecule has 146 valence electrons. The van der Waals surface area contributed by atoms with Gasteiger partial charge in [-0.05, 0) is 25.0 Å². The first kappa shape index (κ1) is 17.5. The number of nitrogens with zero attached hydrogens (tertiary/aromatic N) is 7. The third kappa shape index (κ3) is 3.26. The Kier molecular flexibility index (Phi) is 4.31. The summed E-state index contributed by atoms with van der Waals surface area (Å²) >= 11 is 0. The molecule has 1 amide bonds. The predicted molar refractivity (Wildman–Crippen MR) is 106 cm³/mol. The van der Waals surface area contributed by atoms with E-state index < -0.39 is 0 Å². The number of aryl methyl sites for hydroxylation is 2. The zero-order chi connectivity index (χ0) is 19.8. The predicted octanol–water partition coefficient (Wildman–Crippen LogP) is 2.32. The number of amides is 1. The lowest BCUT2D eigenvalue weighted by Crippen LogP contribution is -2.41. The normalized spacial score (nSPS) is 16.2. The van der Waals surface area contributed by atoms with Crippen LogP contribution in [0, 0.1) is 0 Å². The van der Waals surface area contributed by atoms with Crippen LogP contribution in [0.5, 0.6) is 0 Å². The molecule has 0 N–H and O–H groups in total. The Hall–Kier alpha value is -3.55. The average molecular weight is 387 g/mol. The molecular weight excluding hydrogens is 366 g/mol. The molecule has 29 heavy (non-hydrogen) atoms. The van der Waals surface area contributed by atoms with Crippen LogP contribution in [0.3, 0.4) is 0 Å². The largest absolute Gasteiger partial charge is 0.328 e. The summed E-state index contributed by atoms with van der Waals surface area (Å²) in [6.45, 7) is 3.13. The van der Waals surface area contributed by atoms with Crippen molar-refractivity contribution in [2.24, 2.45) is 0 Å². The number of carbonyl (C=O) groups excluding carboxylic acids is 1. The lowest BCUT2D eigenvalue weighted by molar-refractivity contribution is 0.0674. The Morgan fingerprint density at radius 3 is 2.83 bits per heavy atom. The van der Waals surface area contributed by atoms with Gasteiger partial charge in [0.15, 0.2) is 5.82 Å². The van der Waals surface area contributed by atoms with E-state index in [0.29, 0.717) is 24.6 Å². The summed E-state index contributed by atoms with van der Waals surface area (Å²) in [4.78, 5) is 23.3. The molecule has 0 aliphatic carbocycles. The standard InChI is InChI=1S/C21H21N7O/c1-15-12-27(20(29)17-13-26-11-5-10-22-21(26)23-17)14-19-25-24-18(28(15)19)9-8-16-6-3-2-4-7-16/h2-7,10-11,13,15H,8-9,12,14H2,1H3/t15-/m0/s1. The minimum absolute atomic E-state index is 0.109.